The van der Waals surface area contributed by atoms with Crippen LogP contribution in [0.5, 0.6) is 0 Å². The molecule has 0 radical (unpaired) electrons. The molecular formula is C9H15N. The number of rotatable bonds is 1. The zero-order valence-electron chi connectivity index (χ0n) is 6.85. The topological polar surface area (TPSA) is 3.24 Å². The van der Waals surface area contributed by atoms with Crippen molar-refractivity contribution in [1.82, 2.24) is 4.90 Å². The molecular weight excluding hydrogens is 122 g/mol. The maximum Gasteiger partial charge on any atom is 0.0555 e. The first kappa shape index (κ1) is 7.43. The van der Waals surface area contributed by atoms with Crippen LogP contribution >= 0.6 is 0 Å². The third-order valence-corrected chi connectivity index (χ3v) is 1.82. The van der Waals surface area contributed by atoms with Crippen LogP contribution in [-0.4, -0.2) is 19.0 Å². The molecule has 0 atom stereocenters. The average Bonchev–Trinajstić information content (AvgIpc) is 2.12. The smallest absolute Gasteiger partial charge is 0.0555 e. The van der Waals surface area contributed by atoms with Crippen LogP contribution < -0.4 is 0 Å². The third kappa shape index (κ3) is 1.93. The maximum atomic E-state index is 3.30. The molecule has 0 unspecified atom stereocenters. The molecule has 0 amide bonds. The molecule has 0 saturated carbocycles. The van der Waals surface area contributed by atoms with Crippen molar-refractivity contribution in [2.24, 2.45) is 0 Å². The molecule has 0 spiro atoms. The van der Waals surface area contributed by atoms with Gasteiger partial charge in [-0.25, -0.2) is 0 Å². The van der Waals surface area contributed by atoms with E-state index < -0.39 is 0 Å². The van der Waals surface area contributed by atoms with Crippen LogP contribution in [0.25, 0.3) is 0 Å². The van der Waals surface area contributed by atoms with E-state index in [9.17, 15) is 0 Å². The van der Waals surface area contributed by atoms with Gasteiger partial charge < -0.3 is 4.90 Å². The zero-order valence-corrected chi connectivity index (χ0v) is 6.85. The minimum atomic E-state index is 1.20. The summed E-state index contributed by atoms with van der Waals surface area (Å²) < 4.78 is 0. The normalized spacial score (nSPS) is 18.0. The van der Waals surface area contributed by atoms with Crippen molar-refractivity contribution in [2.45, 2.75) is 25.7 Å². The van der Waals surface area contributed by atoms with Gasteiger partial charge in [0, 0.05) is 14.1 Å². The van der Waals surface area contributed by atoms with Gasteiger partial charge in [-0.05, 0) is 31.8 Å². The van der Waals surface area contributed by atoms with Crippen LogP contribution in [0.2, 0.25) is 0 Å². The van der Waals surface area contributed by atoms with E-state index in [1.54, 1.807) is 0 Å². The highest BCUT2D eigenvalue weighted by Gasteiger charge is 2.00. The number of nitrogens with zero attached hydrogens (tertiary/aromatic N) is 1. The Morgan fingerprint density at radius 3 is 2.90 bits per heavy atom. The van der Waals surface area contributed by atoms with Gasteiger partial charge in [0.05, 0.1) is 5.70 Å². The van der Waals surface area contributed by atoms with Gasteiger partial charge in [0.15, 0.2) is 0 Å². The Kier molecular flexibility index (Phi) is 2.58. The fourth-order valence-corrected chi connectivity index (χ4v) is 1.15. The predicted octanol–water partition coefficient (Wildman–Crippen LogP) is 2.16. The molecule has 56 valence electrons. The molecule has 0 saturated heterocycles. The lowest BCUT2D eigenvalue weighted by Gasteiger charge is -2.13. The largest absolute Gasteiger partial charge is 0.375 e. The van der Waals surface area contributed by atoms with Crippen molar-refractivity contribution in [3.63, 3.8) is 0 Å². The van der Waals surface area contributed by atoms with Gasteiger partial charge in [-0.1, -0.05) is 0 Å². The average molecular weight is 137 g/mol. The van der Waals surface area contributed by atoms with Crippen molar-refractivity contribution in [1.29, 1.82) is 0 Å². The first-order valence-electron chi connectivity index (χ1n) is 3.92. The summed E-state index contributed by atoms with van der Waals surface area (Å²) >= 11 is 0. The number of hydrogen-bond donors (Lipinski definition) is 0. The molecule has 1 heteroatoms. The van der Waals surface area contributed by atoms with Crippen LogP contribution in [-0.2, 0) is 0 Å². The summed E-state index contributed by atoms with van der Waals surface area (Å²) in [6.45, 7) is 0. The van der Waals surface area contributed by atoms with Gasteiger partial charge >= 0.3 is 0 Å². The molecule has 0 aromatic rings. The van der Waals surface area contributed by atoms with E-state index in [0.29, 0.717) is 0 Å². The van der Waals surface area contributed by atoms with Crippen molar-refractivity contribution in [3.8, 4) is 0 Å². The number of allylic oxidation sites excluding steroid dienone is 1. The summed E-state index contributed by atoms with van der Waals surface area (Å²) in [4.78, 5) is 2.15. The molecule has 0 bridgehead atoms. The van der Waals surface area contributed by atoms with E-state index in [2.05, 4.69) is 30.8 Å². The lowest BCUT2D eigenvalue weighted by Crippen LogP contribution is -2.09. The second kappa shape index (κ2) is 3.48. The minimum absolute atomic E-state index is 1.20. The summed E-state index contributed by atoms with van der Waals surface area (Å²) in [6, 6.07) is 0. The first-order valence-corrected chi connectivity index (χ1v) is 3.92. The van der Waals surface area contributed by atoms with Gasteiger partial charge in [-0.3, -0.25) is 0 Å². The van der Waals surface area contributed by atoms with Crippen LogP contribution in [0.4, 0.5) is 0 Å². The molecule has 10 heavy (non-hydrogen) atoms. The van der Waals surface area contributed by atoms with E-state index >= 15 is 0 Å². The van der Waals surface area contributed by atoms with Crippen molar-refractivity contribution < 1.29 is 0 Å². The highest BCUT2D eigenvalue weighted by molar-refractivity contribution is 5.01. The second-order valence-electron chi connectivity index (χ2n) is 2.94. The fraction of sp³-hybridized carbons (Fsp3) is 0.667. The Morgan fingerprint density at radius 2 is 2.20 bits per heavy atom. The zero-order chi connectivity index (χ0) is 7.40. The second-order valence-corrected chi connectivity index (χ2v) is 2.94. The third-order valence-electron chi connectivity index (χ3n) is 1.82. The highest BCUT2D eigenvalue weighted by atomic mass is 15.1. The maximum absolute atomic E-state index is 3.30. The van der Waals surface area contributed by atoms with Gasteiger partial charge in [0.2, 0.25) is 0 Å². The van der Waals surface area contributed by atoms with Crippen molar-refractivity contribution in [2.75, 3.05) is 14.1 Å². The van der Waals surface area contributed by atoms with E-state index in [1.807, 2.05) is 0 Å². The molecule has 0 N–H and O–H groups in total. The van der Waals surface area contributed by atoms with Gasteiger partial charge in [0.25, 0.3) is 0 Å². The Bertz CT molecular complexity index is 162. The van der Waals surface area contributed by atoms with Crippen molar-refractivity contribution >= 4 is 0 Å². The molecule has 1 aliphatic carbocycles. The minimum Gasteiger partial charge on any atom is -0.375 e. The van der Waals surface area contributed by atoms with E-state index in [4.69, 9.17) is 0 Å². The van der Waals surface area contributed by atoms with Gasteiger partial charge in [-0.2, -0.15) is 0 Å². The van der Waals surface area contributed by atoms with Gasteiger partial charge in [0.1, 0.15) is 0 Å². The summed E-state index contributed by atoms with van der Waals surface area (Å²) in [5.41, 5.74) is 4.64. The quantitative estimate of drug-likeness (QED) is 0.501. The molecule has 0 aliphatic heterocycles. The standard InChI is InChI=1S/C9H15N/c1-10(2)9-7-5-3-4-6-8-9/h5H,3-4,6,8H2,1-2H3. The molecule has 1 nitrogen and oxygen atoms in total. The highest BCUT2D eigenvalue weighted by Crippen LogP contribution is 2.13. The SMILES string of the molecule is CN(C)C1=C=CCCCC1. The van der Waals surface area contributed by atoms with E-state index in [-0.39, 0.29) is 0 Å². The number of hydrogen-bond acceptors (Lipinski definition) is 1. The Labute approximate surface area is 63.0 Å². The summed E-state index contributed by atoms with van der Waals surface area (Å²) in [6.07, 6.45) is 7.20. The lowest BCUT2D eigenvalue weighted by atomic mass is 10.2. The Morgan fingerprint density at radius 1 is 1.40 bits per heavy atom. The molecule has 0 aromatic heterocycles. The molecule has 1 aliphatic rings. The van der Waals surface area contributed by atoms with Crippen LogP contribution in [0, 0.1) is 0 Å². The molecule has 1 rings (SSSR count). The van der Waals surface area contributed by atoms with Gasteiger partial charge in [-0.15, -0.1) is 5.73 Å². The lowest BCUT2D eigenvalue weighted by molar-refractivity contribution is 0.482. The predicted molar refractivity (Wildman–Crippen MR) is 43.8 cm³/mol. The van der Waals surface area contributed by atoms with E-state index in [0.717, 1.165) is 0 Å². The van der Waals surface area contributed by atoms with Crippen LogP contribution in [0.3, 0.4) is 0 Å². The summed E-state index contributed by atoms with van der Waals surface area (Å²) in [5, 5.41) is 0. The fourth-order valence-electron chi connectivity index (χ4n) is 1.15. The summed E-state index contributed by atoms with van der Waals surface area (Å²) in [7, 11) is 4.17. The molecule has 0 fully saturated rings. The Hall–Kier alpha value is -0.680. The van der Waals surface area contributed by atoms with Crippen LogP contribution in [0.15, 0.2) is 17.5 Å². The van der Waals surface area contributed by atoms with E-state index in [1.165, 1.54) is 31.4 Å². The molecule has 0 heterocycles. The van der Waals surface area contributed by atoms with Crippen LogP contribution in [0.1, 0.15) is 25.7 Å². The summed E-state index contributed by atoms with van der Waals surface area (Å²) in [5.74, 6) is 0. The van der Waals surface area contributed by atoms with Crippen molar-refractivity contribution in [3.05, 3.63) is 17.5 Å². The first-order chi connectivity index (χ1) is 4.80. The molecule has 0 aromatic carbocycles. The Balaban J connectivity index is 2.62. The monoisotopic (exact) mass is 137 g/mol.